The van der Waals surface area contributed by atoms with Gasteiger partial charge in [0.1, 0.15) is 11.4 Å². The molecule has 0 aliphatic heterocycles. The van der Waals surface area contributed by atoms with Gasteiger partial charge in [-0.3, -0.25) is 9.67 Å². The smallest absolute Gasteiger partial charge is 0.372 e. The van der Waals surface area contributed by atoms with E-state index in [4.69, 9.17) is 0 Å². The van der Waals surface area contributed by atoms with Crippen molar-refractivity contribution in [2.75, 3.05) is 17.7 Å². The first-order valence-corrected chi connectivity index (χ1v) is 7.70. The Hall–Kier alpha value is -3.17. The van der Waals surface area contributed by atoms with E-state index in [1.54, 1.807) is 17.1 Å². The van der Waals surface area contributed by atoms with E-state index in [0.717, 1.165) is 17.6 Å². The van der Waals surface area contributed by atoms with Crippen molar-refractivity contribution in [2.45, 2.75) is 19.6 Å². The van der Waals surface area contributed by atoms with Gasteiger partial charge >= 0.3 is 6.18 Å². The molecule has 0 radical (unpaired) electrons. The largest absolute Gasteiger partial charge is 0.421 e. The monoisotopic (exact) mass is 363 g/mol. The molecule has 3 heterocycles. The minimum Gasteiger partial charge on any atom is -0.372 e. The van der Waals surface area contributed by atoms with Crippen molar-refractivity contribution < 1.29 is 13.2 Å². The first-order chi connectivity index (χ1) is 12.4. The van der Waals surface area contributed by atoms with Crippen LogP contribution in [0, 0.1) is 6.92 Å². The Bertz CT molecular complexity index is 891. The van der Waals surface area contributed by atoms with Gasteiger partial charge in [-0.2, -0.15) is 23.3 Å². The van der Waals surface area contributed by atoms with Gasteiger partial charge < -0.3 is 10.6 Å². The van der Waals surface area contributed by atoms with Gasteiger partial charge in [-0.1, -0.05) is 6.07 Å². The minimum absolute atomic E-state index is 0.0443. The van der Waals surface area contributed by atoms with Crippen molar-refractivity contribution in [3.05, 3.63) is 53.7 Å². The Morgan fingerprint density at radius 3 is 2.62 bits per heavy atom. The van der Waals surface area contributed by atoms with Crippen molar-refractivity contribution in [2.24, 2.45) is 0 Å². The second-order valence-corrected chi connectivity index (χ2v) is 5.45. The van der Waals surface area contributed by atoms with E-state index in [0.29, 0.717) is 12.2 Å². The first kappa shape index (κ1) is 17.6. The second-order valence-electron chi connectivity index (χ2n) is 5.45. The maximum atomic E-state index is 12.9. The molecular weight excluding hydrogens is 347 g/mol. The number of anilines is 3. The molecule has 26 heavy (non-hydrogen) atoms. The molecule has 0 unspecified atom stereocenters. The standard InChI is InChI=1S/C16H16F3N7/c1-10-13(8-23-26(10)9-11-5-3-4-6-21-11)24-15-22-7-12(16(17,18)19)14(20-2)25-15/h3-8H,9H2,1-2H3,(H2,20,22,24,25). The maximum absolute atomic E-state index is 12.9. The van der Waals surface area contributed by atoms with Gasteiger partial charge in [-0.05, 0) is 19.1 Å². The fourth-order valence-corrected chi connectivity index (χ4v) is 2.33. The molecule has 0 saturated carbocycles. The molecule has 10 heteroatoms. The number of rotatable bonds is 5. The molecule has 0 bridgehead atoms. The Kier molecular flexibility index (Phi) is 4.74. The molecule has 0 atom stereocenters. The van der Waals surface area contributed by atoms with Gasteiger partial charge in [0.2, 0.25) is 5.95 Å². The lowest BCUT2D eigenvalue weighted by Gasteiger charge is -2.12. The number of hydrogen-bond donors (Lipinski definition) is 2. The molecule has 136 valence electrons. The second kappa shape index (κ2) is 6.98. The molecule has 3 aromatic heterocycles. The topological polar surface area (TPSA) is 80.5 Å². The van der Waals surface area contributed by atoms with Crippen LogP contribution >= 0.6 is 0 Å². The van der Waals surface area contributed by atoms with Crippen molar-refractivity contribution in [3.63, 3.8) is 0 Å². The summed E-state index contributed by atoms with van der Waals surface area (Å²) in [6, 6.07) is 5.59. The molecule has 2 N–H and O–H groups in total. The summed E-state index contributed by atoms with van der Waals surface area (Å²) in [7, 11) is 1.37. The number of alkyl halides is 3. The van der Waals surface area contributed by atoms with Crippen LogP contribution in [0.3, 0.4) is 0 Å². The van der Waals surface area contributed by atoms with Crippen LogP contribution in [-0.2, 0) is 12.7 Å². The zero-order valence-electron chi connectivity index (χ0n) is 14.0. The van der Waals surface area contributed by atoms with Gasteiger partial charge in [0.25, 0.3) is 0 Å². The molecule has 0 saturated heterocycles. The lowest BCUT2D eigenvalue weighted by Crippen LogP contribution is -2.12. The highest BCUT2D eigenvalue weighted by atomic mass is 19.4. The quantitative estimate of drug-likeness (QED) is 0.724. The van der Waals surface area contributed by atoms with Crippen LogP contribution in [0.15, 0.2) is 36.8 Å². The number of nitrogens with zero attached hydrogens (tertiary/aromatic N) is 5. The van der Waals surface area contributed by atoms with Crippen LogP contribution in [0.25, 0.3) is 0 Å². The molecule has 3 rings (SSSR count). The van der Waals surface area contributed by atoms with Crippen LogP contribution in [0.2, 0.25) is 0 Å². The average Bonchev–Trinajstić information content (AvgIpc) is 2.95. The lowest BCUT2D eigenvalue weighted by molar-refractivity contribution is -0.137. The van der Waals surface area contributed by atoms with E-state index in [9.17, 15) is 13.2 Å². The summed E-state index contributed by atoms with van der Waals surface area (Å²) >= 11 is 0. The predicted molar refractivity (Wildman–Crippen MR) is 90.2 cm³/mol. The highest BCUT2D eigenvalue weighted by molar-refractivity contribution is 5.58. The van der Waals surface area contributed by atoms with E-state index in [1.807, 2.05) is 25.1 Å². The molecule has 3 aromatic rings. The van der Waals surface area contributed by atoms with Crippen molar-refractivity contribution in [3.8, 4) is 0 Å². The third-order valence-electron chi connectivity index (χ3n) is 3.72. The van der Waals surface area contributed by atoms with E-state index in [-0.39, 0.29) is 11.8 Å². The van der Waals surface area contributed by atoms with Crippen LogP contribution < -0.4 is 10.6 Å². The zero-order chi connectivity index (χ0) is 18.7. The Morgan fingerprint density at radius 1 is 1.15 bits per heavy atom. The number of pyridine rings is 1. The summed E-state index contributed by atoms with van der Waals surface area (Å²) < 4.78 is 40.5. The summed E-state index contributed by atoms with van der Waals surface area (Å²) in [6.07, 6.45) is -0.518. The van der Waals surface area contributed by atoms with Crippen molar-refractivity contribution in [1.29, 1.82) is 0 Å². The molecule has 0 spiro atoms. The molecule has 0 fully saturated rings. The summed E-state index contributed by atoms with van der Waals surface area (Å²) in [5.41, 5.74) is 1.30. The van der Waals surface area contributed by atoms with Crippen LogP contribution in [0.4, 0.5) is 30.6 Å². The first-order valence-electron chi connectivity index (χ1n) is 7.70. The van der Waals surface area contributed by atoms with Crippen LogP contribution in [0.1, 0.15) is 17.0 Å². The van der Waals surface area contributed by atoms with Crippen LogP contribution in [0.5, 0.6) is 0 Å². The number of aromatic nitrogens is 5. The van der Waals surface area contributed by atoms with Gasteiger partial charge in [0.05, 0.1) is 29.8 Å². The van der Waals surface area contributed by atoms with E-state index in [1.165, 1.54) is 7.05 Å². The predicted octanol–water partition coefficient (Wildman–Crippen LogP) is 3.23. The molecule has 7 nitrogen and oxygen atoms in total. The molecule has 0 aromatic carbocycles. The fraction of sp³-hybridized carbons (Fsp3) is 0.250. The van der Waals surface area contributed by atoms with Gasteiger partial charge in [0, 0.05) is 19.4 Å². The summed E-state index contributed by atoms with van der Waals surface area (Å²) in [6.45, 7) is 2.31. The number of halogens is 3. The lowest BCUT2D eigenvalue weighted by atomic mass is 10.3. The van der Waals surface area contributed by atoms with Gasteiger partial charge in [-0.15, -0.1) is 0 Å². The number of nitrogens with one attached hydrogen (secondary N) is 2. The molecular formula is C16H16F3N7. The van der Waals surface area contributed by atoms with E-state index < -0.39 is 11.7 Å². The maximum Gasteiger partial charge on any atom is 0.421 e. The molecule has 0 aliphatic carbocycles. The molecule has 0 amide bonds. The highest BCUT2D eigenvalue weighted by Gasteiger charge is 2.35. The van der Waals surface area contributed by atoms with Gasteiger partial charge in [-0.25, -0.2) is 4.98 Å². The Balaban J connectivity index is 1.81. The van der Waals surface area contributed by atoms with E-state index in [2.05, 4.69) is 30.7 Å². The summed E-state index contributed by atoms with van der Waals surface area (Å²) in [5, 5.41) is 9.61. The zero-order valence-corrected chi connectivity index (χ0v) is 14.0. The van der Waals surface area contributed by atoms with Gasteiger partial charge in [0.15, 0.2) is 0 Å². The Labute approximate surface area is 147 Å². The average molecular weight is 363 g/mol. The summed E-state index contributed by atoms with van der Waals surface area (Å²) in [5.74, 6) is -0.253. The molecule has 0 aliphatic rings. The third-order valence-corrected chi connectivity index (χ3v) is 3.72. The van der Waals surface area contributed by atoms with Crippen LogP contribution in [-0.4, -0.2) is 31.8 Å². The van der Waals surface area contributed by atoms with Crippen molar-refractivity contribution in [1.82, 2.24) is 24.7 Å². The Morgan fingerprint density at radius 2 is 1.96 bits per heavy atom. The fourth-order valence-electron chi connectivity index (χ4n) is 2.33. The highest BCUT2D eigenvalue weighted by Crippen LogP contribution is 2.33. The minimum atomic E-state index is -4.53. The van der Waals surface area contributed by atoms with Crippen molar-refractivity contribution >= 4 is 17.5 Å². The third kappa shape index (κ3) is 3.73. The summed E-state index contributed by atoms with van der Waals surface area (Å²) in [4.78, 5) is 11.9. The van der Waals surface area contributed by atoms with E-state index >= 15 is 0 Å². The number of hydrogen-bond acceptors (Lipinski definition) is 6. The normalized spacial score (nSPS) is 11.4. The SMILES string of the molecule is CNc1nc(Nc2cnn(Cc3ccccn3)c2C)ncc1C(F)(F)F.